The third-order valence-corrected chi connectivity index (χ3v) is 7.21. The van der Waals surface area contributed by atoms with Crippen LogP contribution < -0.4 is 4.90 Å². The zero-order chi connectivity index (χ0) is 19.0. The molecule has 2 aromatic heterocycles. The zero-order valence-electron chi connectivity index (χ0n) is 15.5. The highest BCUT2D eigenvalue weighted by atomic mass is 32.2. The van der Waals surface area contributed by atoms with Crippen LogP contribution in [0.4, 0.5) is 11.5 Å². The minimum absolute atomic E-state index is 0.180. The van der Waals surface area contributed by atoms with Crippen LogP contribution in [0.1, 0.15) is 19.8 Å². The topological polar surface area (TPSA) is 96.5 Å². The summed E-state index contributed by atoms with van der Waals surface area (Å²) >= 11 is 0. The van der Waals surface area contributed by atoms with Crippen LogP contribution in [-0.2, 0) is 14.5 Å². The highest BCUT2D eigenvalue weighted by molar-refractivity contribution is 7.93. The fourth-order valence-corrected chi connectivity index (χ4v) is 4.99. The van der Waals surface area contributed by atoms with Crippen molar-refractivity contribution in [3.8, 4) is 0 Å². The molecule has 2 atom stereocenters. The van der Waals surface area contributed by atoms with E-state index in [0.29, 0.717) is 24.5 Å². The monoisotopic (exact) mass is 388 g/mol. The third-order valence-electron chi connectivity index (χ3n) is 4.94. The summed E-state index contributed by atoms with van der Waals surface area (Å²) in [6.45, 7) is 4.14. The van der Waals surface area contributed by atoms with E-state index < -0.39 is 9.73 Å². The predicted molar refractivity (Wildman–Crippen MR) is 108 cm³/mol. The van der Waals surface area contributed by atoms with Gasteiger partial charge in [0.1, 0.15) is 5.82 Å². The lowest BCUT2D eigenvalue weighted by molar-refractivity contribution is 0.0986. The minimum Gasteiger partial charge on any atom is -0.377 e. The predicted octanol–water partition coefficient (Wildman–Crippen LogP) is 2.67. The second-order valence-corrected chi connectivity index (χ2v) is 9.67. The van der Waals surface area contributed by atoms with Crippen molar-refractivity contribution in [1.29, 1.82) is 5.41 Å². The van der Waals surface area contributed by atoms with Crippen molar-refractivity contribution in [2.75, 3.05) is 30.9 Å². The van der Waals surface area contributed by atoms with Gasteiger partial charge >= 0.3 is 0 Å². The molecule has 2 aliphatic rings. The number of morpholine rings is 1. The lowest BCUT2D eigenvalue weighted by Gasteiger charge is -2.34. The van der Waals surface area contributed by atoms with Gasteiger partial charge in [0.05, 0.1) is 46.3 Å². The smallest absolute Gasteiger partial charge is 0.166 e. The summed E-state index contributed by atoms with van der Waals surface area (Å²) in [5, 5.41) is 12.5. The number of hydrogen-bond acceptors (Lipinski definition) is 7. The molecule has 0 spiro atoms. The second-order valence-electron chi connectivity index (χ2n) is 7.10. The van der Waals surface area contributed by atoms with Gasteiger partial charge in [-0.15, -0.1) is 0 Å². The van der Waals surface area contributed by atoms with Crippen molar-refractivity contribution in [1.82, 2.24) is 14.8 Å². The van der Waals surface area contributed by atoms with Crippen molar-refractivity contribution in [2.45, 2.75) is 31.1 Å². The van der Waals surface area contributed by atoms with Crippen LogP contribution in [0.3, 0.4) is 0 Å². The Bertz CT molecular complexity index is 1020. The lowest BCUT2D eigenvalue weighted by Crippen LogP contribution is -2.44. The molecular weight excluding hydrogens is 364 g/mol. The van der Waals surface area contributed by atoms with Gasteiger partial charge in [0.15, 0.2) is 5.65 Å². The number of pyridine rings is 1. The molecule has 8 nitrogen and oxygen atoms in total. The molecule has 144 valence electrons. The molecule has 2 aromatic rings. The first-order valence-corrected chi connectivity index (χ1v) is 11.1. The second kappa shape index (κ2) is 7.05. The number of anilines is 1. The lowest BCUT2D eigenvalue weighted by atomic mass is 10.2. The van der Waals surface area contributed by atoms with Crippen LogP contribution in [0.2, 0.25) is 0 Å². The van der Waals surface area contributed by atoms with Gasteiger partial charge in [0.25, 0.3) is 0 Å². The standard InChI is InChI=1S/C18H24N6O2S/c1-13-12-26-9-8-23(13)17-10-16(22-27(2,25)14-4-5-14)15-11-20-24(7-3-6-19)18(15)21-17/h3,6-7,10-11,13-14,19H,4-5,8-9,12H2,1-2H3/t13-,27?/m1/s1. The van der Waals surface area contributed by atoms with Crippen molar-refractivity contribution < 1.29 is 8.95 Å². The van der Waals surface area contributed by atoms with Gasteiger partial charge in [-0.05, 0) is 25.8 Å². The summed E-state index contributed by atoms with van der Waals surface area (Å²) in [4.78, 5) is 6.99. The number of fused-ring (bicyclic) bond motifs is 1. The fraction of sp³-hybridized carbons (Fsp3) is 0.500. The quantitative estimate of drug-likeness (QED) is 0.795. The van der Waals surface area contributed by atoms with E-state index in [-0.39, 0.29) is 11.3 Å². The first kappa shape index (κ1) is 18.1. The number of hydrogen-bond donors (Lipinski definition) is 1. The Morgan fingerprint density at radius 1 is 1.44 bits per heavy atom. The maximum Gasteiger partial charge on any atom is 0.166 e. The number of rotatable bonds is 5. The molecule has 0 amide bonds. The zero-order valence-corrected chi connectivity index (χ0v) is 16.4. The average molecular weight is 388 g/mol. The van der Waals surface area contributed by atoms with Gasteiger partial charge in [-0.25, -0.2) is 13.9 Å². The highest BCUT2D eigenvalue weighted by Crippen LogP contribution is 2.36. The number of aromatic nitrogens is 3. The van der Waals surface area contributed by atoms with Crippen molar-refractivity contribution >= 4 is 44.7 Å². The Labute approximate surface area is 158 Å². The Kier molecular flexibility index (Phi) is 4.73. The Balaban J connectivity index is 1.89. The number of allylic oxidation sites excluding steroid dienone is 1. The Morgan fingerprint density at radius 3 is 2.96 bits per heavy atom. The normalized spacial score (nSPS) is 22.9. The molecule has 3 heterocycles. The first-order valence-electron chi connectivity index (χ1n) is 9.10. The molecule has 4 rings (SSSR count). The molecule has 9 heteroatoms. The molecule has 0 bridgehead atoms. The van der Waals surface area contributed by atoms with Gasteiger partial charge in [0, 0.05) is 36.5 Å². The van der Waals surface area contributed by atoms with Crippen LogP contribution in [0.15, 0.2) is 22.7 Å². The average Bonchev–Trinajstić information content (AvgIpc) is 3.42. The van der Waals surface area contributed by atoms with E-state index >= 15 is 0 Å². The summed E-state index contributed by atoms with van der Waals surface area (Å²) in [5.74, 6) is 0.785. The van der Waals surface area contributed by atoms with Crippen LogP contribution in [0.5, 0.6) is 0 Å². The number of nitrogens with zero attached hydrogens (tertiary/aromatic N) is 5. The Hall–Kier alpha value is -2.26. The molecule has 1 unspecified atom stereocenters. The van der Waals surface area contributed by atoms with E-state index in [1.165, 1.54) is 6.21 Å². The first-order chi connectivity index (χ1) is 13.0. The summed E-state index contributed by atoms with van der Waals surface area (Å²) in [5.41, 5.74) is 1.32. The number of ether oxygens (including phenoxy) is 1. The molecular formula is C18H24N6O2S. The SMILES string of the molecule is C[C@@H]1COCCN1c1cc(N=S(C)(=O)C2CC2)c2cnn(C=CC=N)c2n1. The van der Waals surface area contributed by atoms with Crippen molar-refractivity contribution in [2.24, 2.45) is 4.36 Å². The maximum absolute atomic E-state index is 13.0. The van der Waals surface area contributed by atoms with Crippen LogP contribution in [0.25, 0.3) is 17.2 Å². The Morgan fingerprint density at radius 2 is 2.26 bits per heavy atom. The van der Waals surface area contributed by atoms with Gasteiger partial charge in [-0.2, -0.15) is 9.46 Å². The van der Waals surface area contributed by atoms with Crippen molar-refractivity contribution in [3.05, 3.63) is 18.3 Å². The summed E-state index contributed by atoms with van der Waals surface area (Å²) in [6, 6.07) is 2.11. The molecule has 0 aromatic carbocycles. The van der Waals surface area contributed by atoms with Crippen molar-refractivity contribution in [3.63, 3.8) is 0 Å². The molecule has 1 aliphatic carbocycles. The van der Waals surface area contributed by atoms with E-state index in [9.17, 15) is 4.21 Å². The van der Waals surface area contributed by atoms with Gasteiger partial charge < -0.3 is 15.0 Å². The van der Waals surface area contributed by atoms with Gasteiger partial charge in [0.2, 0.25) is 0 Å². The molecule has 1 saturated heterocycles. The molecule has 1 saturated carbocycles. The molecule has 2 fully saturated rings. The molecule has 27 heavy (non-hydrogen) atoms. The van der Waals surface area contributed by atoms with E-state index in [0.717, 1.165) is 30.6 Å². The summed E-state index contributed by atoms with van der Waals surface area (Å²) in [7, 11) is -2.29. The molecule has 1 aliphatic heterocycles. The van der Waals surface area contributed by atoms with E-state index in [1.54, 1.807) is 29.4 Å². The summed E-state index contributed by atoms with van der Waals surface area (Å²) in [6.07, 6.45) is 9.85. The van der Waals surface area contributed by atoms with Crippen LogP contribution in [-0.4, -0.2) is 62.5 Å². The molecule has 1 N–H and O–H groups in total. The number of nitrogens with one attached hydrogen (secondary N) is 1. The van der Waals surface area contributed by atoms with Gasteiger partial charge in [-0.3, -0.25) is 0 Å². The summed E-state index contributed by atoms with van der Waals surface area (Å²) < 4.78 is 24.8. The molecule has 0 radical (unpaired) electrons. The largest absolute Gasteiger partial charge is 0.377 e. The minimum atomic E-state index is -2.29. The maximum atomic E-state index is 13.0. The van der Waals surface area contributed by atoms with E-state index in [4.69, 9.17) is 15.1 Å². The third kappa shape index (κ3) is 3.61. The van der Waals surface area contributed by atoms with E-state index in [1.807, 2.05) is 6.07 Å². The van der Waals surface area contributed by atoms with E-state index in [2.05, 4.69) is 21.3 Å². The van der Waals surface area contributed by atoms with Gasteiger partial charge in [-0.1, -0.05) is 0 Å². The van der Waals surface area contributed by atoms with Crippen LogP contribution >= 0.6 is 0 Å². The fourth-order valence-electron chi connectivity index (χ4n) is 3.29. The highest BCUT2D eigenvalue weighted by Gasteiger charge is 2.31. The van der Waals surface area contributed by atoms with Crippen LogP contribution in [0, 0.1) is 5.41 Å².